The second kappa shape index (κ2) is 6.37. The molecule has 1 aromatic rings. The summed E-state index contributed by atoms with van der Waals surface area (Å²) in [6.45, 7) is 2.03. The molecule has 2 N–H and O–H groups in total. The highest BCUT2D eigenvalue weighted by Gasteiger charge is 2.26. The lowest BCUT2D eigenvalue weighted by molar-refractivity contribution is 0.0868. The van der Waals surface area contributed by atoms with Gasteiger partial charge in [-0.15, -0.1) is 0 Å². The number of Topliss-reactive ketones (excluding diaryl/α,β-unsaturated/α-hetero) is 1. The molecule has 1 rings (SSSR count). The van der Waals surface area contributed by atoms with E-state index in [4.69, 9.17) is 11.0 Å². The van der Waals surface area contributed by atoms with Crippen molar-refractivity contribution in [2.75, 3.05) is 19.3 Å². The average molecular weight is 293 g/mol. The topological polar surface area (TPSA) is 114 Å². The van der Waals surface area contributed by atoms with Gasteiger partial charge in [-0.25, -0.2) is 4.79 Å². The number of anilines is 1. The Hall–Kier alpha value is -2.40. The van der Waals surface area contributed by atoms with Crippen molar-refractivity contribution in [3.63, 3.8) is 0 Å². The molecule has 1 heterocycles. The summed E-state index contributed by atoms with van der Waals surface area (Å²) < 4.78 is 1.92. The van der Waals surface area contributed by atoms with E-state index in [0.29, 0.717) is 6.54 Å². The lowest BCUT2D eigenvalue weighted by Crippen LogP contribution is -2.45. The van der Waals surface area contributed by atoms with Crippen LogP contribution in [-0.2, 0) is 14.1 Å². The molecule has 1 aromatic heterocycles. The molecule has 8 nitrogen and oxygen atoms in total. The summed E-state index contributed by atoms with van der Waals surface area (Å²) in [7, 11) is 4.38. The van der Waals surface area contributed by atoms with E-state index in [1.807, 2.05) is 6.07 Å². The van der Waals surface area contributed by atoms with Crippen molar-refractivity contribution in [1.82, 2.24) is 14.0 Å². The molecule has 0 saturated heterocycles. The van der Waals surface area contributed by atoms with Crippen LogP contribution in [-0.4, -0.2) is 39.5 Å². The molecule has 1 unspecified atom stereocenters. The van der Waals surface area contributed by atoms with Gasteiger partial charge in [0.1, 0.15) is 11.4 Å². The number of hydrogen-bond acceptors (Lipinski definition) is 6. The van der Waals surface area contributed by atoms with Crippen molar-refractivity contribution in [2.24, 2.45) is 14.1 Å². The third-order valence-corrected chi connectivity index (χ3v) is 3.57. The van der Waals surface area contributed by atoms with Gasteiger partial charge < -0.3 is 5.73 Å². The summed E-state index contributed by atoms with van der Waals surface area (Å²) in [6.07, 6.45) is 0.273. The van der Waals surface area contributed by atoms with E-state index in [2.05, 4.69) is 0 Å². The molecule has 0 saturated carbocycles. The van der Waals surface area contributed by atoms with E-state index in [-0.39, 0.29) is 17.8 Å². The quantitative estimate of drug-likeness (QED) is 0.702. The smallest absolute Gasteiger partial charge is 0.332 e. The number of carbonyl (C=O) groups is 1. The number of nitriles is 1. The molecule has 0 aromatic carbocycles. The largest absolute Gasteiger partial charge is 0.384 e. The Morgan fingerprint density at radius 2 is 1.95 bits per heavy atom. The van der Waals surface area contributed by atoms with Crippen LogP contribution in [0, 0.1) is 11.3 Å². The summed E-state index contributed by atoms with van der Waals surface area (Å²) in [5, 5.41) is 8.57. The highest BCUT2D eigenvalue weighted by Crippen LogP contribution is 2.10. The molecule has 0 fully saturated rings. The molecule has 0 radical (unpaired) electrons. The van der Waals surface area contributed by atoms with Crippen LogP contribution in [0.4, 0.5) is 5.82 Å². The van der Waals surface area contributed by atoms with Crippen LogP contribution >= 0.6 is 0 Å². The fourth-order valence-electron chi connectivity index (χ4n) is 1.92. The van der Waals surface area contributed by atoms with Crippen molar-refractivity contribution in [3.05, 3.63) is 26.4 Å². The van der Waals surface area contributed by atoms with E-state index < -0.39 is 23.1 Å². The fourth-order valence-corrected chi connectivity index (χ4v) is 1.92. The normalized spacial score (nSPS) is 12.2. The number of carbonyl (C=O) groups excluding carboxylic acids is 1. The Balaban J connectivity index is 3.30. The van der Waals surface area contributed by atoms with Gasteiger partial charge in [0.2, 0.25) is 0 Å². The Kier molecular flexibility index (Phi) is 5.05. The second-order valence-electron chi connectivity index (χ2n) is 4.89. The van der Waals surface area contributed by atoms with E-state index in [0.717, 1.165) is 9.13 Å². The first-order chi connectivity index (χ1) is 9.73. The molecular weight excluding hydrogens is 274 g/mol. The van der Waals surface area contributed by atoms with Gasteiger partial charge in [0, 0.05) is 27.1 Å². The number of likely N-dealkylation sites (N-methyl/N-ethyl adjacent to an activating group) is 1. The summed E-state index contributed by atoms with van der Waals surface area (Å²) >= 11 is 0. The van der Waals surface area contributed by atoms with E-state index in [1.165, 1.54) is 14.1 Å². The molecule has 21 heavy (non-hydrogen) atoms. The van der Waals surface area contributed by atoms with Gasteiger partial charge in [0.15, 0.2) is 5.78 Å². The molecule has 0 amide bonds. The highest BCUT2D eigenvalue weighted by molar-refractivity contribution is 6.03. The maximum atomic E-state index is 12.5. The van der Waals surface area contributed by atoms with E-state index in [9.17, 15) is 14.4 Å². The average Bonchev–Trinajstić information content (AvgIpc) is 2.47. The maximum absolute atomic E-state index is 12.5. The van der Waals surface area contributed by atoms with E-state index in [1.54, 1.807) is 18.9 Å². The molecule has 0 bridgehead atoms. The van der Waals surface area contributed by atoms with Crippen LogP contribution in [0.2, 0.25) is 0 Å². The maximum Gasteiger partial charge on any atom is 0.332 e. The Morgan fingerprint density at radius 1 is 1.38 bits per heavy atom. The van der Waals surface area contributed by atoms with Crippen LogP contribution in [0.5, 0.6) is 0 Å². The van der Waals surface area contributed by atoms with Gasteiger partial charge in [0.05, 0.1) is 12.1 Å². The van der Waals surface area contributed by atoms with Gasteiger partial charge in [-0.3, -0.25) is 23.6 Å². The minimum absolute atomic E-state index is 0.145. The third kappa shape index (κ3) is 3.03. The van der Waals surface area contributed by atoms with Gasteiger partial charge in [0.25, 0.3) is 5.56 Å². The van der Waals surface area contributed by atoms with Crippen molar-refractivity contribution < 1.29 is 4.79 Å². The van der Waals surface area contributed by atoms with Crippen LogP contribution in [0.25, 0.3) is 0 Å². The van der Waals surface area contributed by atoms with Crippen molar-refractivity contribution in [3.8, 4) is 6.07 Å². The SMILES string of the molecule is CC(C(=O)c1c(N)n(C)c(=O)n(C)c1=O)N(C)CCC#N. The number of ketones is 1. The fraction of sp³-hybridized carbons (Fsp3) is 0.538. The molecule has 8 heteroatoms. The Morgan fingerprint density at radius 3 is 2.48 bits per heavy atom. The zero-order chi connectivity index (χ0) is 16.3. The predicted octanol–water partition coefficient (Wildman–Crippen LogP) is -0.917. The number of nitrogens with zero attached hydrogens (tertiary/aromatic N) is 4. The lowest BCUT2D eigenvalue weighted by Gasteiger charge is -2.23. The first-order valence-electron chi connectivity index (χ1n) is 6.40. The van der Waals surface area contributed by atoms with Crippen LogP contribution < -0.4 is 17.0 Å². The molecule has 0 aliphatic carbocycles. The van der Waals surface area contributed by atoms with Crippen LogP contribution in [0.15, 0.2) is 9.59 Å². The molecule has 0 aliphatic heterocycles. The Bertz CT molecular complexity index is 710. The van der Waals surface area contributed by atoms with Gasteiger partial charge in [-0.1, -0.05) is 0 Å². The number of nitrogens with two attached hydrogens (primary N) is 1. The molecule has 0 spiro atoms. The second-order valence-corrected chi connectivity index (χ2v) is 4.89. The standard InChI is InChI=1S/C13H19N5O3/c1-8(16(2)7-5-6-14)10(19)9-11(15)17(3)13(21)18(4)12(9)20/h8H,5,7,15H2,1-4H3. The molecule has 1 atom stereocenters. The summed E-state index contributed by atoms with van der Waals surface area (Å²) in [4.78, 5) is 38.0. The summed E-state index contributed by atoms with van der Waals surface area (Å²) in [5.74, 6) is -0.613. The predicted molar refractivity (Wildman–Crippen MR) is 78.0 cm³/mol. The number of aromatic nitrogens is 2. The minimum atomic E-state index is -0.707. The monoisotopic (exact) mass is 293 g/mol. The number of hydrogen-bond donors (Lipinski definition) is 1. The van der Waals surface area contributed by atoms with Gasteiger partial charge in [-0.2, -0.15) is 5.26 Å². The summed E-state index contributed by atoms with van der Waals surface area (Å²) in [6, 6.07) is 1.37. The molecule has 0 aliphatic rings. The summed E-state index contributed by atoms with van der Waals surface area (Å²) in [5.41, 5.74) is 4.26. The third-order valence-electron chi connectivity index (χ3n) is 3.57. The number of nitrogen functional groups attached to an aromatic ring is 1. The van der Waals surface area contributed by atoms with Crippen LogP contribution in [0.1, 0.15) is 23.7 Å². The minimum Gasteiger partial charge on any atom is -0.384 e. The number of rotatable bonds is 5. The van der Waals surface area contributed by atoms with Crippen molar-refractivity contribution >= 4 is 11.6 Å². The van der Waals surface area contributed by atoms with Crippen molar-refractivity contribution in [1.29, 1.82) is 5.26 Å². The van der Waals surface area contributed by atoms with Gasteiger partial charge in [-0.05, 0) is 14.0 Å². The zero-order valence-electron chi connectivity index (χ0n) is 12.6. The van der Waals surface area contributed by atoms with Crippen LogP contribution in [0.3, 0.4) is 0 Å². The van der Waals surface area contributed by atoms with Gasteiger partial charge >= 0.3 is 5.69 Å². The van der Waals surface area contributed by atoms with E-state index >= 15 is 0 Å². The zero-order valence-corrected chi connectivity index (χ0v) is 12.6. The highest BCUT2D eigenvalue weighted by atomic mass is 16.2. The Labute approximate surface area is 122 Å². The molecular formula is C13H19N5O3. The van der Waals surface area contributed by atoms with Crippen molar-refractivity contribution in [2.45, 2.75) is 19.4 Å². The lowest BCUT2D eigenvalue weighted by atomic mass is 10.1. The first-order valence-corrected chi connectivity index (χ1v) is 6.40. The molecule has 114 valence electrons. The first kappa shape index (κ1) is 16.7.